The summed E-state index contributed by atoms with van der Waals surface area (Å²) in [5.41, 5.74) is 1.32. The molecule has 0 bridgehead atoms. The highest BCUT2D eigenvalue weighted by Gasteiger charge is 2.28. The molecule has 1 aromatic carbocycles. The van der Waals surface area contributed by atoms with Crippen LogP contribution in [0.15, 0.2) is 57.7 Å². The quantitative estimate of drug-likeness (QED) is 0.524. The van der Waals surface area contributed by atoms with Gasteiger partial charge >= 0.3 is 0 Å². The molecule has 5 rings (SSSR count). The lowest BCUT2D eigenvalue weighted by molar-refractivity contribution is 0.0662. The molecule has 1 atom stereocenters. The first-order valence-electron chi connectivity index (χ1n) is 10.1. The van der Waals surface area contributed by atoms with Crippen LogP contribution in [0.1, 0.15) is 29.2 Å². The summed E-state index contributed by atoms with van der Waals surface area (Å²) in [6, 6.07) is 11.6. The minimum Gasteiger partial charge on any atom is -0.463 e. The molecule has 1 N–H and O–H groups in total. The van der Waals surface area contributed by atoms with Crippen molar-refractivity contribution in [1.29, 1.82) is 0 Å². The predicted molar refractivity (Wildman–Crippen MR) is 108 cm³/mol. The Morgan fingerprint density at radius 1 is 1.26 bits per heavy atom. The van der Waals surface area contributed by atoms with Gasteiger partial charge in [0.1, 0.15) is 11.5 Å². The summed E-state index contributed by atoms with van der Waals surface area (Å²) >= 11 is 0. The molecule has 1 amide bonds. The number of carbonyl (C=O) groups is 1. The topological polar surface area (TPSA) is 101 Å². The molecule has 1 fully saturated rings. The first-order chi connectivity index (χ1) is 15.2. The maximum absolute atomic E-state index is 14.0. The van der Waals surface area contributed by atoms with Gasteiger partial charge in [0, 0.05) is 25.6 Å². The highest BCUT2D eigenvalue weighted by atomic mass is 19.1. The maximum atomic E-state index is 14.0. The van der Waals surface area contributed by atoms with E-state index >= 15 is 0 Å². The van der Waals surface area contributed by atoms with Crippen LogP contribution in [0.5, 0.6) is 0 Å². The van der Waals surface area contributed by atoms with Gasteiger partial charge in [-0.1, -0.05) is 17.3 Å². The summed E-state index contributed by atoms with van der Waals surface area (Å²) in [4.78, 5) is 19.1. The van der Waals surface area contributed by atoms with E-state index < -0.39 is 5.82 Å². The van der Waals surface area contributed by atoms with Gasteiger partial charge < -0.3 is 13.8 Å². The minimum atomic E-state index is -0.391. The smallest absolute Gasteiger partial charge is 0.274 e. The molecule has 1 aliphatic rings. The van der Waals surface area contributed by atoms with E-state index in [-0.39, 0.29) is 17.6 Å². The van der Waals surface area contributed by atoms with Crippen LogP contribution in [-0.4, -0.2) is 44.2 Å². The molecule has 0 aliphatic carbocycles. The highest BCUT2D eigenvalue weighted by molar-refractivity contribution is 5.93. The van der Waals surface area contributed by atoms with Crippen molar-refractivity contribution in [3.8, 4) is 22.8 Å². The molecule has 0 saturated carbocycles. The first kappa shape index (κ1) is 19.2. The number of hydrogen-bond acceptors (Lipinski definition) is 6. The van der Waals surface area contributed by atoms with Crippen molar-refractivity contribution in [2.45, 2.75) is 19.3 Å². The average Bonchev–Trinajstić information content (AvgIpc) is 3.55. The molecule has 0 unspecified atom stereocenters. The second-order valence-electron chi connectivity index (χ2n) is 7.60. The van der Waals surface area contributed by atoms with Crippen LogP contribution >= 0.6 is 0 Å². The van der Waals surface area contributed by atoms with Gasteiger partial charge in [0.25, 0.3) is 5.91 Å². The van der Waals surface area contributed by atoms with E-state index in [9.17, 15) is 9.18 Å². The summed E-state index contributed by atoms with van der Waals surface area (Å²) in [6.45, 7) is 1.24. The van der Waals surface area contributed by atoms with Gasteiger partial charge in [0.05, 0.1) is 11.8 Å². The van der Waals surface area contributed by atoms with Gasteiger partial charge in [-0.2, -0.15) is 10.1 Å². The molecule has 9 heteroatoms. The van der Waals surface area contributed by atoms with Crippen LogP contribution in [0.2, 0.25) is 0 Å². The van der Waals surface area contributed by atoms with Crippen molar-refractivity contribution in [3.05, 3.63) is 66.1 Å². The van der Waals surface area contributed by atoms with Gasteiger partial charge in [0.2, 0.25) is 11.7 Å². The van der Waals surface area contributed by atoms with E-state index in [0.717, 1.165) is 12.8 Å². The zero-order valence-corrected chi connectivity index (χ0v) is 16.6. The monoisotopic (exact) mass is 421 g/mol. The van der Waals surface area contributed by atoms with E-state index in [4.69, 9.17) is 8.94 Å². The molecular formula is C22H20FN5O3. The lowest BCUT2D eigenvalue weighted by Crippen LogP contribution is -2.40. The summed E-state index contributed by atoms with van der Waals surface area (Å²) in [5.74, 6) is 0.963. The van der Waals surface area contributed by atoms with Gasteiger partial charge in [-0.05, 0) is 43.0 Å². The van der Waals surface area contributed by atoms with Crippen molar-refractivity contribution in [2.75, 3.05) is 13.1 Å². The average molecular weight is 421 g/mol. The Hall–Kier alpha value is -3.75. The summed E-state index contributed by atoms with van der Waals surface area (Å²) < 4.78 is 24.6. The lowest BCUT2D eigenvalue weighted by atomic mass is 9.94. The number of furan rings is 1. The SMILES string of the molecule is O=C(c1cc(-c2ccco2)[nH]n1)N1CCC[C@H](Cc2nc(-c3ccccc3F)no2)C1. The Kier molecular flexibility index (Phi) is 5.07. The third-order valence-corrected chi connectivity index (χ3v) is 5.44. The van der Waals surface area contributed by atoms with Crippen molar-refractivity contribution in [2.24, 2.45) is 5.92 Å². The Bertz CT molecular complexity index is 1180. The fourth-order valence-corrected chi connectivity index (χ4v) is 3.90. The molecule has 4 heterocycles. The van der Waals surface area contributed by atoms with E-state index in [1.807, 2.05) is 0 Å². The summed E-state index contributed by atoms with van der Waals surface area (Å²) in [7, 11) is 0. The molecule has 1 saturated heterocycles. The molecule has 1 aliphatic heterocycles. The number of nitrogens with one attached hydrogen (secondary N) is 1. The Labute approximate surface area is 177 Å². The number of likely N-dealkylation sites (tertiary alicyclic amines) is 1. The number of aromatic nitrogens is 4. The number of piperidine rings is 1. The molecular weight excluding hydrogens is 401 g/mol. The predicted octanol–water partition coefficient (Wildman–Crippen LogP) is 3.95. The number of halogens is 1. The fourth-order valence-electron chi connectivity index (χ4n) is 3.90. The van der Waals surface area contributed by atoms with Crippen molar-refractivity contribution in [3.63, 3.8) is 0 Å². The molecule has 31 heavy (non-hydrogen) atoms. The molecule has 8 nitrogen and oxygen atoms in total. The zero-order valence-electron chi connectivity index (χ0n) is 16.6. The summed E-state index contributed by atoms with van der Waals surface area (Å²) in [5, 5.41) is 10.9. The number of benzene rings is 1. The van der Waals surface area contributed by atoms with E-state index in [1.165, 1.54) is 6.07 Å². The number of rotatable bonds is 5. The number of carbonyl (C=O) groups excluding carboxylic acids is 1. The molecule has 158 valence electrons. The zero-order chi connectivity index (χ0) is 21.2. The number of H-pyrrole nitrogens is 1. The van der Waals surface area contributed by atoms with E-state index in [2.05, 4.69) is 20.3 Å². The van der Waals surface area contributed by atoms with Crippen LogP contribution in [0.25, 0.3) is 22.8 Å². The second kappa shape index (κ2) is 8.17. The summed E-state index contributed by atoms with van der Waals surface area (Å²) in [6.07, 6.45) is 3.92. The molecule has 3 aromatic heterocycles. The Morgan fingerprint density at radius 3 is 3.00 bits per heavy atom. The highest BCUT2D eigenvalue weighted by Crippen LogP contribution is 2.25. The lowest BCUT2D eigenvalue weighted by Gasteiger charge is -2.31. The van der Waals surface area contributed by atoms with Crippen molar-refractivity contribution < 1.29 is 18.1 Å². The third-order valence-electron chi connectivity index (χ3n) is 5.44. The number of hydrogen-bond donors (Lipinski definition) is 1. The number of amides is 1. The number of aromatic amines is 1. The van der Waals surface area contributed by atoms with Gasteiger partial charge in [-0.25, -0.2) is 4.39 Å². The second-order valence-corrected chi connectivity index (χ2v) is 7.60. The molecule has 0 spiro atoms. The Morgan fingerprint density at radius 2 is 2.16 bits per heavy atom. The number of nitrogens with zero attached hydrogens (tertiary/aromatic N) is 4. The van der Waals surface area contributed by atoms with Gasteiger partial charge in [0.15, 0.2) is 11.5 Å². The van der Waals surface area contributed by atoms with Crippen molar-refractivity contribution >= 4 is 5.91 Å². The van der Waals surface area contributed by atoms with Crippen LogP contribution in [0.4, 0.5) is 4.39 Å². The van der Waals surface area contributed by atoms with Crippen LogP contribution < -0.4 is 0 Å². The van der Waals surface area contributed by atoms with Crippen LogP contribution in [0, 0.1) is 11.7 Å². The molecule has 4 aromatic rings. The first-order valence-corrected chi connectivity index (χ1v) is 10.1. The Balaban J connectivity index is 1.25. The van der Waals surface area contributed by atoms with E-state index in [1.54, 1.807) is 47.6 Å². The maximum Gasteiger partial charge on any atom is 0.274 e. The van der Waals surface area contributed by atoms with Crippen LogP contribution in [-0.2, 0) is 6.42 Å². The normalized spacial score (nSPS) is 16.5. The van der Waals surface area contributed by atoms with E-state index in [0.29, 0.717) is 48.1 Å². The standard InChI is InChI=1S/C22H20FN5O3/c23-16-7-2-1-6-15(16)21-24-20(31-27-21)11-14-5-3-9-28(13-14)22(29)18-12-17(25-26-18)19-8-4-10-30-19/h1-2,4,6-8,10,12,14H,3,5,9,11,13H2,(H,25,26)/t14-/m1/s1. The van der Waals surface area contributed by atoms with Crippen molar-refractivity contribution in [1.82, 2.24) is 25.2 Å². The third kappa shape index (κ3) is 3.98. The van der Waals surface area contributed by atoms with Gasteiger partial charge in [-0.15, -0.1) is 0 Å². The fraction of sp³-hybridized carbons (Fsp3) is 0.273. The largest absolute Gasteiger partial charge is 0.463 e. The molecule has 0 radical (unpaired) electrons. The minimum absolute atomic E-state index is 0.128. The van der Waals surface area contributed by atoms with Crippen LogP contribution in [0.3, 0.4) is 0 Å². The van der Waals surface area contributed by atoms with Gasteiger partial charge in [-0.3, -0.25) is 9.89 Å².